The maximum atomic E-state index is 14.8. The highest BCUT2D eigenvalue weighted by atomic mass is 19.2. The Balaban J connectivity index is 1.30. The zero-order chi connectivity index (χ0) is 22.5. The molecule has 6 heteroatoms. The van der Waals surface area contributed by atoms with Crippen LogP contribution in [0.25, 0.3) is 11.1 Å². The van der Waals surface area contributed by atoms with Crippen LogP contribution >= 0.6 is 0 Å². The third-order valence-corrected chi connectivity index (χ3v) is 7.58. The Kier molecular flexibility index (Phi) is 7.59. The van der Waals surface area contributed by atoms with Gasteiger partial charge in [0.15, 0.2) is 11.6 Å². The molecule has 1 aromatic carbocycles. The molecule has 1 amide bonds. The van der Waals surface area contributed by atoms with Gasteiger partial charge in [-0.2, -0.15) is 5.10 Å². The number of piperidine rings is 1. The summed E-state index contributed by atoms with van der Waals surface area (Å²) in [4.78, 5) is 15.0. The van der Waals surface area contributed by atoms with Gasteiger partial charge in [-0.25, -0.2) is 8.78 Å². The van der Waals surface area contributed by atoms with E-state index in [1.165, 1.54) is 44.7 Å². The molecule has 174 valence electrons. The van der Waals surface area contributed by atoms with Gasteiger partial charge in [-0.1, -0.05) is 44.7 Å². The lowest BCUT2D eigenvalue weighted by atomic mass is 9.78. The maximum absolute atomic E-state index is 14.8. The Hall–Kier alpha value is -2.24. The average molecular weight is 444 g/mol. The van der Waals surface area contributed by atoms with Crippen molar-refractivity contribution in [1.29, 1.82) is 0 Å². The van der Waals surface area contributed by atoms with Gasteiger partial charge in [0.25, 0.3) is 0 Å². The molecule has 0 atom stereocenters. The van der Waals surface area contributed by atoms with E-state index in [1.807, 2.05) is 4.90 Å². The second kappa shape index (κ2) is 10.6. The van der Waals surface area contributed by atoms with Gasteiger partial charge in [0.1, 0.15) is 0 Å². The van der Waals surface area contributed by atoms with Crippen LogP contribution in [0.5, 0.6) is 0 Å². The Labute approximate surface area is 189 Å². The number of rotatable bonds is 7. The van der Waals surface area contributed by atoms with Crippen molar-refractivity contribution in [3.05, 3.63) is 41.7 Å². The van der Waals surface area contributed by atoms with Crippen molar-refractivity contribution >= 4 is 5.91 Å². The van der Waals surface area contributed by atoms with E-state index in [-0.39, 0.29) is 23.3 Å². The lowest BCUT2D eigenvalue weighted by Gasteiger charge is -2.36. The smallest absolute Gasteiger partial charge is 0.225 e. The Morgan fingerprint density at radius 2 is 1.81 bits per heavy atom. The largest absolute Gasteiger partial charge is 0.342 e. The minimum absolute atomic E-state index is 0.0544. The quantitative estimate of drug-likeness (QED) is 0.500. The van der Waals surface area contributed by atoms with Gasteiger partial charge in [-0.05, 0) is 55.9 Å². The SMILES string of the molecule is CCCCCC1CCC(C(=O)N2CCC(c3ccc(-c4cn[nH]c4)c(F)c3F)CC2)CC1. The predicted octanol–water partition coefficient (Wildman–Crippen LogP) is 6.45. The summed E-state index contributed by atoms with van der Waals surface area (Å²) in [6.45, 7) is 3.49. The molecule has 2 heterocycles. The summed E-state index contributed by atoms with van der Waals surface area (Å²) in [7, 11) is 0. The highest BCUT2D eigenvalue weighted by molar-refractivity contribution is 5.79. The van der Waals surface area contributed by atoms with Gasteiger partial charge in [0.2, 0.25) is 5.91 Å². The number of aromatic nitrogens is 2. The van der Waals surface area contributed by atoms with Gasteiger partial charge in [-0.3, -0.25) is 9.89 Å². The first-order chi connectivity index (χ1) is 15.6. The first-order valence-corrected chi connectivity index (χ1v) is 12.3. The summed E-state index contributed by atoms with van der Waals surface area (Å²) in [6, 6.07) is 3.33. The fourth-order valence-electron chi connectivity index (χ4n) is 5.55. The second-order valence-corrected chi connectivity index (χ2v) is 9.63. The summed E-state index contributed by atoms with van der Waals surface area (Å²) < 4.78 is 29.5. The lowest BCUT2D eigenvalue weighted by molar-refractivity contribution is -0.138. The number of hydrogen-bond acceptors (Lipinski definition) is 2. The molecule has 1 aromatic heterocycles. The molecule has 1 aliphatic heterocycles. The number of unbranched alkanes of at least 4 members (excludes halogenated alkanes) is 2. The summed E-state index contributed by atoms with van der Waals surface area (Å²) >= 11 is 0. The van der Waals surface area contributed by atoms with Crippen molar-refractivity contribution in [2.75, 3.05) is 13.1 Å². The third-order valence-electron chi connectivity index (χ3n) is 7.58. The van der Waals surface area contributed by atoms with Crippen molar-refractivity contribution in [1.82, 2.24) is 15.1 Å². The van der Waals surface area contributed by atoms with E-state index < -0.39 is 11.6 Å². The number of amides is 1. The van der Waals surface area contributed by atoms with Crippen molar-refractivity contribution in [2.24, 2.45) is 11.8 Å². The van der Waals surface area contributed by atoms with E-state index in [0.29, 0.717) is 37.1 Å². The fraction of sp³-hybridized carbons (Fsp3) is 0.615. The van der Waals surface area contributed by atoms with E-state index in [2.05, 4.69) is 17.1 Å². The van der Waals surface area contributed by atoms with Gasteiger partial charge < -0.3 is 4.90 Å². The van der Waals surface area contributed by atoms with Crippen molar-refractivity contribution < 1.29 is 13.6 Å². The highest BCUT2D eigenvalue weighted by Gasteiger charge is 2.32. The molecule has 1 saturated carbocycles. The maximum Gasteiger partial charge on any atom is 0.225 e. The molecule has 32 heavy (non-hydrogen) atoms. The molecule has 0 radical (unpaired) electrons. The Bertz CT molecular complexity index is 883. The molecule has 0 spiro atoms. The number of hydrogen-bond donors (Lipinski definition) is 1. The summed E-state index contributed by atoms with van der Waals surface area (Å²) in [5.41, 5.74) is 1.18. The predicted molar refractivity (Wildman–Crippen MR) is 122 cm³/mol. The van der Waals surface area contributed by atoms with Gasteiger partial charge in [0.05, 0.1) is 6.20 Å². The van der Waals surface area contributed by atoms with Crippen LogP contribution in [0.15, 0.2) is 24.5 Å². The van der Waals surface area contributed by atoms with Gasteiger partial charge in [0, 0.05) is 36.3 Å². The normalized spacial score (nSPS) is 22.3. The first-order valence-electron chi connectivity index (χ1n) is 12.3. The van der Waals surface area contributed by atoms with Gasteiger partial charge >= 0.3 is 0 Å². The van der Waals surface area contributed by atoms with E-state index in [1.54, 1.807) is 18.3 Å². The van der Waals surface area contributed by atoms with Gasteiger partial charge in [-0.15, -0.1) is 0 Å². The number of likely N-dealkylation sites (tertiary alicyclic amines) is 1. The number of H-pyrrole nitrogens is 1. The number of nitrogens with zero attached hydrogens (tertiary/aromatic N) is 2. The minimum Gasteiger partial charge on any atom is -0.342 e. The number of halogens is 2. The van der Waals surface area contributed by atoms with E-state index in [0.717, 1.165) is 18.8 Å². The van der Waals surface area contributed by atoms with Crippen molar-refractivity contribution in [3.63, 3.8) is 0 Å². The van der Waals surface area contributed by atoms with Crippen LogP contribution in [0.3, 0.4) is 0 Å². The summed E-state index contributed by atoms with van der Waals surface area (Å²) in [5.74, 6) is -0.428. The van der Waals surface area contributed by atoms with Crippen LogP contribution in [0, 0.1) is 23.5 Å². The lowest BCUT2D eigenvalue weighted by Crippen LogP contribution is -2.42. The number of aromatic amines is 1. The minimum atomic E-state index is -0.821. The highest BCUT2D eigenvalue weighted by Crippen LogP contribution is 2.36. The van der Waals surface area contributed by atoms with E-state index >= 15 is 0 Å². The summed E-state index contributed by atoms with van der Waals surface area (Å²) in [5, 5.41) is 6.45. The van der Waals surface area contributed by atoms with Crippen LogP contribution < -0.4 is 0 Å². The average Bonchev–Trinajstić information content (AvgIpc) is 3.36. The van der Waals surface area contributed by atoms with Crippen LogP contribution in [-0.4, -0.2) is 34.1 Å². The van der Waals surface area contributed by atoms with E-state index in [9.17, 15) is 13.6 Å². The molecular formula is C26H35F2N3O. The zero-order valence-corrected chi connectivity index (χ0v) is 19.1. The van der Waals surface area contributed by atoms with Crippen LogP contribution in [0.2, 0.25) is 0 Å². The number of nitrogens with one attached hydrogen (secondary N) is 1. The van der Waals surface area contributed by atoms with Crippen LogP contribution in [0.4, 0.5) is 8.78 Å². The number of carbonyl (C=O) groups excluding carboxylic acids is 1. The monoisotopic (exact) mass is 443 g/mol. The molecule has 0 unspecified atom stereocenters. The second-order valence-electron chi connectivity index (χ2n) is 9.63. The number of benzene rings is 1. The third kappa shape index (κ3) is 5.05. The standard InChI is InChI=1S/C26H35F2N3O/c1-2-3-4-5-18-6-8-20(9-7-18)26(32)31-14-12-19(13-15-31)22-10-11-23(25(28)24(22)27)21-16-29-30-17-21/h10-11,16-20H,2-9,12-15H2,1H3,(H,29,30). The molecular weight excluding hydrogens is 408 g/mol. The number of carbonyl (C=O) groups is 1. The van der Waals surface area contributed by atoms with E-state index in [4.69, 9.17) is 0 Å². The zero-order valence-electron chi connectivity index (χ0n) is 19.1. The van der Waals surface area contributed by atoms with Crippen LogP contribution in [0.1, 0.15) is 82.6 Å². The Morgan fingerprint density at radius 1 is 1.06 bits per heavy atom. The molecule has 4 nitrogen and oxygen atoms in total. The molecule has 2 aromatic rings. The molecule has 1 saturated heterocycles. The summed E-state index contributed by atoms with van der Waals surface area (Å²) in [6.07, 6.45) is 13.9. The fourth-order valence-corrected chi connectivity index (χ4v) is 5.55. The molecule has 2 fully saturated rings. The molecule has 0 bridgehead atoms. The Morgan fingerprint density at radius 3 is 2.47 bits per heavy atom. The molecule has 1 aliphatic carbocycles. The molecule has 4 rings (SSSR count). The topological polar surface area (TPSA) is 49.0 Å². The van der Waals surface area contributed by atoms with Crippen molar-refractivity contribution in [2.45, 2.75) is 77.0 Å². The van der Waals surface area contributed by atoms with Crippen LogP contribution in [-0.2, 0) is 4.79 Å². The molecule has 1 N–H and O–H groups in total. The molecule has 2 aliphatic rings. The first kappa shape index (κ1) is 22.9. The van der Waals surface area contributed by atoms with Crippen molar-refractivity contribution in [3.8, 4) is 11.1 Å².